The van der Waals surface area contributed by atoms with Crippen molar-refractivity contribution >= 4 is 11.9 Å². The third-order valence-corrected chi connectivity index (χ3v) is 5.27. The van der Waals surface area contributed by atoms with Gasteiger partial charge in [-0.05, 0) is 12.3 Å². The third-order valence-electron chi connectivity index (χ3n) is 5.27. The molecule has 2 aliphatic carbocycles. The lowest BCUT2D eigenvalue weighted by atomic mass is 9.58. The number of esters is 2. The molecular formula is C17H26O8. The van der Waals surface area contributed by atoms with E-state index in [4.69, 9.17) is 28.4 Å². The van der Waals surface area contributed by atoms with Crippen molar-refractivity contribution in [1.29, 1.82) is 0 Å². The Morgan fingerprint density at radius 1 is 0.880 bits per heavy atom. The van der Waals surface area contributed by atoms with Crippen molar-refractivity contribution in [3.05, 3.63) is 12.2 Å². The maximum absolute atomic E-state index is 12.9. The molecule has 2 atom stereocenters. The summed E-state index contributed by atoms with van der Waals surface area (Å²) in [4.78, 5) is 25.8. The molecule has 0 radical (unpaired) electrons. The summed E-state index contributed by atoms with van der Waals surface area (Å²) < 4.78 is 31.2. The second-order valence-electron chi connectivity index (χ2n) is 6.29. The van der Waals surface area contributed by atoms with Gasteiger partial charge in [0, 0.05) is 20.1 Å². The zero-order valence-corrected chi connectivity index (χ0v) is 15.1. The Morgan fingerprint density at radius 2 is 1.36 bits per heavy atom. The summed E-state index contributed by atoms with van der Waals surface area (Å²) in [5, 5.41) is 0. The molecule has 0 aromatic rings. The molecule has 1 saturated carbocycles. The number of rotatable bonds is 10. The normalized spacial score (nSPS) is 25.1. The lowest BCUT2D eigenvalue weighted by molar-refractivity contribution is -0.201. The highest BCUT2D eigenvalue weighted by atomic mass is 16.7. The molecule has 0 aromatic carbocycles. The standard InChI is InChI=1S/C17H26O8/c1-20-10-24-8-16(9-25-11-21-2)12-5-6-13(7-12)17(16,14(18)22-3)15(19)23-4/h5-6,12-13H,7-11H2,1-4H3. The van der Waals surface area contributed by atoms with Gasteiger partial charge in [-0.2, -0.15) is 0 Å². The molecule has 0 heterocycles. The second-order valence-corrected chi connectivity index (χ2v) is 6.29. The molecule has 8 heteroatoms. The van der Waals surface area contributed by atoms with Gasteiger partial charge in [0.1, 0.15) is 13.6 Å². The van der Waals surface area contributed by atoms with Gasteiger partial charge >= 0.3 is 11.9 Å². The van der Waals surface area contributed by atoms with Crippen LogP contribution in [0.4, 0.5) is 0 Å². The van der Waals surface area contributed by atoms with Crippen LogP contribution < -0.4 is 0 Å². The first-order valence-electron chi connectivity index (χ1n) is 8.03. The van der Waals surface area contributed by atoms with Gasteiger partial charge in [0.2, 0.25) is 0 Å². The number of methoxy groups -OCH3 is 4. The van der Waals surface area contributed by atoms with Gasteiger partial charge in [-0.1, -0.05) is 12.2 Å². The van der Waals surface area contributed by atoms with Crippen LogP contribution in [0, 0.1) is 22.7 Å². The Balaban J connectivity index is 2.51. The van der Waals surface area contributed by atoms with Gasteiger partial charge in [-0.3, -0.25) is 9.59 Å². The highest BCUT2D eigenvalue weighted by Gasteiger charge is 2.75. The van der Waals surface area contributed by atoms with Gasteiger partial charge in [0.25, 0.3) is 0 Å². The first-order chi connectivity index (χ1) is 12.0. The van der Waals surface area contributed by atoms with Crippen molar-refractivity contribution in [2.24, 2.45) is 22.7 Å². The molecule has 2 unspecified atom stereocenters. The van der Waals surface area contributed by atoms with E-state index in [0.717, 1.165) is 0 Å². The number of carbonyl (C=O) groups excluding carboxylic acids is 2. The van der Waals surface area contributed by atoms with Crippen molar-refractivity contribution in [2.75, 3.05) is 55.2 Å². The van der Waals surface area contributed by atoms with E-state index in [9.17, 15) is 9.59 Å². The van der Waals surface area contributed by atoms with Gasteiger partial charge in [0.15, 0.2) is 5.41 Å². The quantitative estimate of drug-likeness (QED) is 0.186. The number of ether oxygens (including phenoxy) is 6. The number of hydrogen-bond donors (Lipinski definition) is 0. The summed E-state index contributed by atoms with van der Waals surface area (Å²) in [6.07, 6.45) is 4.50. The molecule has 0 N–H and O–H groups in total. The van der Waals surface area contributed by atoms with Gasteiger partial charge in [0.05, 0.1) is 32.8 Å². The molecule has 0 amide bonds. The predicted octanol–water partition coefficient (Wildman–Crippen LogP) is 0.752. The summed E-state index contributed by atoms with van der Waals surface area (Å²) >= 11 is 0. The first-order valence-corrected chi connectivity index (χ1v) is 8.03. The molecule has 2 bridgehead atoms. The van der Waals surface area contributed by atoms with Crippen molar-refractivity contribution in [2.45, 2.75) is 6.42 Å². The Bertz CT molecular complexity index is 489. The van der Waals surface area contributed by atoms with E-state index >= 15 is 0 Å². The van der Waals surface area contributed by atoms with Crippen LogP contribution in [0.15, 0.2) is 12.2 Å². The van der Waals surface area contributed by atoms with Crippen LogP contribution in [0.3, 0.4) is 0 Å². The summed E-state index contributed by atoms with van der Waals surface area (Å²) in [6, 6.07) is 0. The third kappa shape index (κ3) is 2.97. The second kappa shape index (κ2) is 8.27. The average molecular weight is 358 g/mol. The minimum Gasteiger partial charge on any atom is -0.468 e. The van der Waals surface area contributed by atoms with Crippen molar-refractivity contribution < 1.29 is 38.0 Å². The van der Waals surface area contributed by atoms with Crippen LogP contribution in [0.5, 0.6) is 0 Å². The van der Waals surface area contributed by atoms with Crippen molar-refractivity contribution in [3.8, 4) is 0 Å². The van der Waals surface area contributed by atoms with Crippen LogP contribution in [0.1, 0.15) is 6.42 Å². The van der Waals surface area contributed by atoms with Crippen molar-refractivity contribution in [1.82, 2.24) is 0 Å². The topological polar surface area (TPSA) is 89.5 Å². The highest BCUT2D eigenvalue weighted by molar-refractivity contribution is 6.02. The summed E-state index contributed by atoms with van der Waals surface area (Å²) in [5.41, 5.74) is -2.50. The van der Waals surface area contributed by atoms with Crippen LogP contribution in [0.25, 0.3) is 0 Å². The lowest BCUT2D eigenvalue weighted by Crippen LogP contribution is -2.60. The van der Waals surface area contributed by atoms with E-state index in [2.05, 4.69) is 0 Å². The SMILES string of the molecule is COCOCC1(COCOC)C2C=CC(C2)C1(C(=O)OC)C(=O)OC. The lowest BCUT2D eigenvalue weighted by Gasteiger charge is -2.46. The zero-order valence-electron chi connectivity index (χ0n) is 15.1. The molecule has 1 fully saturated rings. The summed E-state index contributed by atoms with van der Waals surface area (Å²) in [7, 11) is 5.53. The fourth-order valence-electron chi connectivity index (χ4n) is 4.30. The smallest absolute Gasteiger partial charge is 0.324 e. The van der Waals surface area contributed by atoms with E-state index < -0.39 is 22.8 Å². The molecule has 0 spiro atoms. The van der Waals surface area contributed by atoms with E-state index in [1.807, 2.05) is 12.2 Å². The summed E-state index contributed by atoms with van der Waals surface area (Å²) in [5.74, 6) is -1.71. The summed E-state index contributed by atoms with van der Waals surface area (Å²) in [6.45, 7) is 0.234. The maximum Gasteiger partial charge on any atom is 0.324 e. The monoisotopic (exact) mass is 358 g/mol. The molecule has 142 valence electrons. The number of carbonyl (C=O) groups is 2. The minimum atomic E-state index is -1.53. The molecule has 0 aromatic heterocycles. The predicted molar refractivity (Wildman–Crippen MR) is 85.3 cm³/mol. The van der Waals surface area contributed by atoms with Crippen LogP contribution in [-0.2, 0) is 38.0 Å². The van der Waals surface area contributed by atoms with Crippen LogP contribution in [-0.4, -0.2) is 67.2 Å². The zero-order chi connectivity index (χ0) is 18.5. The molecule has 25 heavy (non-hydrogen) atoms. The highest BCUT2D eigenvalue weighted by Crippen LogP contribution is 2.65. The minimum absolute atomic E-state index is 0.0333. The van der Waals surface area contributed by atoms with Gasteiger partial charge < -0.3 is 28.4 Å². The van der Waals surface area contributed by atoms with E-state index in [1.165, 1.54) is 28.4 Å². The van der Waals surface area contributed by atoms with Crippen LogP contribution >= 0.6 is 0 Å². The Labute approximate surface area is 147 Å². The first kappa shape index (κ1) is 19.8. The number of fused-ring (bicyclic) bond motifs is 2. The van der Waals surface area contributed by atoms with E-state index in [1.54, 1.807) is 0 Å². The largest absolute Gasteiger partial charge is 0.468 e. The molecule has 0 aliphatic heterocycles. The van der Waals surface area contributed by atoms with E-state index in [-0.39, 0.29) is 38.6 Å². The Hall–Kier alpha value is -1.48. The number of hydrogen-bond acceptors (Lipinski definition) is 8. The molecular weight excluding hydrogens is 332 g/mol. The number of allylic oxidation sites excluding steroid dienone is 2. The van der Waals surface area contributed by atoms with Gasteiger partial charge in [-0.15, -0.1) is 0 Å². The van der Waals surface area contributed by atoms with Crippen LogP contribution in [0.2, 0.25) is 0 Å². The average Bonchev–Trinajstić information content (AvgIpc) is 3.20. The maximum atomic E-state index is 12.9. The Kier molecular flexibility index (Phi) is 6.56. The molecule has 8 nitrogen and oxygen atoms in total. The molecule has 0 saturated heterocycles. The molecule has 2 rings (SSSR count). The van der Waals surface area contributed by atoms with E-state index in [0.29, 0.717) is 6.42 Å². The van der Waals surface area contributed by atoms with Gasteiger partial charge in [-0.25, -0.2) is 0 Å². The Morgan fingerprint density at radius 3 is 1.80 bits per heavy atom. The fraction of sp³-hybridized carbons (Fsp3) is 0.765. The van der Waals surface area contributed by atoms with Crippen molar-refractivity contribution in [3.63, 3.8) is 0 Å². The molecule has 2 aliphatic rings. The fourth-order valence-corrected chi connectivity index (χ4v) is 4.30.